The van der Waals surface area contributed by atoms with Crippen LogP contribution in [0.15, 0.2) is 48.5 Å². The van der Waals surface area contributed by atoms with Crippen molar-refractivity contribution in [2.75, 3.05) is 6.61 Å². The molecular weight excluding hydrogens is 343 g/mol. The van der Waals surface area contributed by atoms with E-state index < -0.39 is 12.1 Å². The maximum absolute atomic E-state index is 14.4. The van der Waals surface area contributed by atoms with Gasteiger partial charge in [0.05, 0.1) is 18.7 Å². The fourth-order valence-electron chi connectivity index (χ4n) is 4.26. The van der Waals surface area contributed by atoms with Gasteiger partial charge >= 0.3 is 0 Å². The molecule has 0 bridgehead atoms. The van der Waals surface area contributed by atoms with Crippen LogP contribution in [-0.2, 0) is 4.79 Å². The molecule has 1 saturated heterocycles. The molecule has 0 aromatic heterocycles. The molecule has 2 aromatic carbocycles. The molecule has 138 valence electrons. The van der Waals surface area contributed by atoms with Crippen molar-refractivity contribution >= 4 is 5.91 Å². The zero-order valence-electron chi connectivity index (χ0n) is 14.9. The summed E-state index contributed by atoms with van der Waals surface area (Å²) in [7, 11) is 0. The molecule has 0 spiro atoms. The Labute approximate surface area is 157 Å². The number of likely N-dealkylation sites (tertiary alicyclic amines) is 1. The lowest BCUT2D eigenvalue weighted by Gasteiger charge is -2.53. The predicted octanol–water partition coefficient (Wildman–Crippen LogP) is 3.47. The SMILES string of the molecule is N#C[C@H]1[C@H](c2ccccc2-c2ccccc2F)[C@@H](CO)N1C(=O)C1CCC1. The van der Waals surface area contributed by atoms with E-state index >= 15 is 0 Å². The van der Waals surface area contributed by atoms with Crippen LogP contribution in [0.4, 0.5) is 4.39 Å². The highest BCUT2D eigenvalue weighted by Crippen LogP contribution is 2.46. The Morgan fingerprint density at radius 3 is 2.41 bits per heavy atom. The number of aliphatic hydroxyl groups is 1. The summed E-state index contributed by atoms with van der Waals surface area (Å²) in [5.74, 6) is -0.732. The molecule has 4 nitrogen and oxygen atoms in total. The lowest BCUT2D eigenvalue weighted by molar-refractivity contribution is -0.154. The molecule has 4 rings (SSSR count). The monoisotopic (exact) mass is 364 g/mol. The number of benzene rings is 2. The van der Waals surface area contributed by atoms with Crippen molar-refractivity contribution in [1.29, 1.82) is 5.26 Å². The van der Waals surface area contributed by atoms with Crippen molar-refractivity contribution in [2.24, 2.45) is 5.92 Å². The summed E-state index contributed by atoms with van der Waals surface area (Å²) in [5, 5.41) is 19.7. The Morgan fingerprint density at radius 1 is 1.15 bits per heavy atom. The first-order valence-electron chi connectivity index (χ1n) is 9.34. The molecule has 27 heavy (non-hydrogen) atoms. The van der Waals surface area contributed by atoms with Crippen molar-refractivity contribution in [3.8, 4) is 17.2 Å². The van der Waals surface area contributed by atoms with Gasteiger partial charge in [0, 0.05) is 17.4 Å². The molecule has 2 aliphatic rings. The molecule has 0 unspecified atom stereocenters. The van der Waals surface area contributed by atoms with Gasteiger partial charge in [-0.2, -0.15) is 5.26 Å². The maximum atomic E-state index is 14.4. The van der Waals surface area contributed by atoms with Crippen LogP contribution in [0, 0.1) is 23.1 Å². The normalized spacial score (nSPS) is 24.6. The summed E-state index contributed by atoms with van der Waals surface area (Å²) in [6.45, 7) is -0.215. The fourth-order valence-corrected chi connectivity index (χ4v) is 4.26. The van der Waals surface area contributed by atoms with Gasteiger partial charge < -0.3 is 10.0 Å². The first-order valence-corrected chi connectivity index (χ1v) is 9.34. The predicted molar refractivity (Wildman–Crippen MR) is 99.0 cm³/mol. The second-order valence-electron chi connectivity index (χ2n) is 7.29. The lowest BCUT2D eigenvalue weighted by Crippen LogP contribution is -2.66. The number of carbonyl (C=O) groups is 1. The van der Waals surface area contributed by atoms with Crippen molar-refractivity contribution in [2.45, 2.75) is 37.3 Å². The number of rotatable bonds is 4. The van der Waals surface area contributed by atoms with Gasteiger partial charge in [-0.25, -0.2) is 4.39 Å². The summed E-state index contributed by atoms with van der Waals surface area (Å²) >= 11 is 0. The molecule has 0 radical (unpaired) electrons. The standard InChI is InChI=1S/C22H21FN2O2/c23-18-11-4-3-9-16(18)15-8-1-2-10-17(15)21-19(12-24)25(20(21)13-26)22(27)14-6-5-7-14/h1-4,8-11,14,19-21,26H,5-7,13H2/t19-,20+,21-/m0/s1. The second kappa shape index (κ2) is 7.13. The first-order chi connectivity index (χ1) is 13.2. The second-order valence-corrected chi connectivity index (χ2v) is 7.29. The van der Waals surface area contributed by atoms with E-state index in [0.29, 0.717) is 11.1 Å². The molecule has 2 fully saturated rings. The quantitative estimate of drug-likeness (QED) is 0.903. The third kappa shape index (κ3) is 2.81. The molecule has 1 aliphatic heterocycles. The zero-order chi connectivity index (χ0) is 19.0. The Hall–Kier alpha value is -2.71. The highest BCUT2D eigenvalue weighted by atomic mass is 19.1. The van der Waals surface area contributed by atoms with Gasteiger partial charge in [0.15, 0.2) is 0 Å². The van der Waals surface area contributed by atoms with E-state index in [1.54, 1.807) is 23.1 Å². The third-order valence-corrected chi connectivity index (χ3v) is 5.92. The van der Waals surface area contributed by atoms with E-state index in [2.05, 4.69) is 6.07 Å². The van der Waals surface area contributed by atoms with Crippen LogP contribution in [0.25, 0.3) is 11.1 Å². The minimum Gasteiger partial charge on any atom is -0.394 e. The third-order valence-electron chi connectivity index (χ3n) is 5.92. The van der Waals surface area contributed by atoms with E-state index in [4.69, 9.17) is 0 Å². The van der Waals surface area contributed by atoms with Gasteiger partial charge in [0.25, 0.3) is 0 Å². The average Bonchev–Trinajstić information content (AvgIpc) is 2.61. The van der Waals surface area contributed by atoms with E-state index in [9.17, 15) is 19.6 Å². The van der Waals surface area contributed by atoms with E-state index in [-0.39, 0.29) is 30.2 Å². The molecule has 5 heteroatoms. The number of hydrogen-bond acceptors (Lipinski definition) is 3. The van der Waals surface area contributed by atoms with Crippen molar-refractivity contribution < 1.29 is 14.3 Å². The fraction of sp³-hybridized carbons (Fsp3) is 0.364. The van der Waals surface area contributed by atoms with Crippen LogP contribution in [0.2, 0.25) is 0 Å². The van der Waals surface area contributed by atoms with Crippen molar-refractivity contribution in [3.63, 3.8) is 0 Å². The molecule has 3 atom stereocenters. The molecule has 1 aliphatic carbocycles. The van der Waals surface area contributed by atoms with Gasteiger partial charge in [0.2, 0.25) is 5.91 Å². The Balaban J connectivity index is 1.72. The van der Waals surface area contributed by atoms with Crippen LogP contribution in [0.3, 0.4) is 0 Å². The first kappa shape index (κ1) is 17.7. The van der Waals surface area contributed by atoms with Crippen molar-refractivity contribution in [1.82, 2.24) is 4.90 Å². The van der Waals surface area contributed by atoms with Crippen LogP contribution in [0.1, 0.15) is 30.7 Å². The Bertz CT molecular complexity index is 903. The van der Waals surface area contributed by atoms with Gasteiger partial charge in [-0.05, 0) is 30.0 Å². The summed E-state index contributed by atoms with van der Waals surface area (Å²) < 4.78 is 14.4. The molecule has 1 N–H and O–H groups in total. The average molecular weight is 364 g/mol. The van der Waals surface area contributed by atoms with E-state index in [1.165, 1.54) is 6.07 Å². The number of nitriles is 1. The molecule has 1 saturated carbocycles. The van der Waals surface area contributed by atoms with Crippen LogP contribution in [-0.4, -0.2) is 34.6 Å². The lowest BCUT2D eigenvalue weighted by atomic mass is 9.71. The summed E-state index contributed by atoms with van der Waals surface area (Å²) in [4.78, 5) is 14.3. The molecule has 1 amide bonds. The smallest absolute Gasteiger partial charge is 0.227 e. The summed E-state index contributed by atoms with van der Waals surface area (Å²) in [6.07, 6.45) is 2.73. The van der Waals surface area contributed by atoms with Crippen molar-refractivity contribution in [3.05, 3.63) is 59.9 Å². The van der Waals surface area contributed by atoms with Gasteiger partial charge in [-0.15, -0.1) is 0 Å². The minimum absolute atomic E-state index is 0.0299. The highest BCUT2D eigenvalue weighted by Gasteiger charge is 2.53. The Kier molecular flexibility index (Phi) is 4.67. The number of hydrogen-bond donors (Lipinski definition) is 1. The zero-order valence-corrected chi connectivity index (χ0v) is 14.9. The van der Waals surface area contributed by atoms with E-state index in [0.717, 1.165) is 24.8 Å². The van der Waals surface area contributed by atoms with Crippen LogP contribution in [0.5, 0.6) is 0 Å². The van der Waals surface area contributed by atoms with E-state index in [1.807, 2.05) is 24.3 Å². The van der Waals surface area contributed by atoms with Gasteiger partial charge in [-0.3, -0.25) is 4.79 Å². The molecule has 2 aromatic rings. The maximum Gasteiger partial charge on any atom is 0.227 e. The van der Waals surface area contributed by atoms with Crippen LogP contribution >= 0.6 is 0 Å². The molecule has 1 heterocycles. The number of aliphatic hydroxyl groups excluding tert-OH is 1. The number of carbonyl (C=O) groups excluding carboxylic acids is 1. The highest BCUT2D eigenvalue weighted by molar-refractivity contribution is 5.83. The minimum atomic E-state index is -0.636. The number of nitrogens with zero attached hydrogens (tertiary/aromatic N) is 2. The summed E-state index contributed by atoms with van der Waals surface area (Å²) in [6, 6.07) is 15.0. The number of halogens is 1. The topological polar surface area (TPSA) is 64.3 Å². The van der Waals surface area contributed by atoms with Gasteiger partial charge in [0.1, 0.15) is 11.9 Å². The largest absolute Gasteiger partial charge is 0.394 e. The van der Waals surface area contributed by atoms with Gasteiger partial charge in [-0.1, -0.05) is 48.9 Å². The summed E-state index contributed by atoms with van der Waals surface area (Å²) in [5.41, 5.74) is 1.96. The number of amides is 1. The molecular formula is C22H21FN2O2. The van der Waals surface area contributed by atoms with Crippen LogP contribution < -0.4 is 0 Å². The Morgan fingerprint density at radius 2 is 1.81 bits per heavy atom.